The first kappa shape index (κ1) is 18.9. The van der Waals surface area contributed by atoms with E-state index in [-0.39, 0.29) is 12.5 Å². The van der Waals surface area contributed by atoms with E-state index in [4.69, 9.17) is 4.74 Å². The van der Waals surface area contributed by atoms with Gasteiger partial charge in [0, 0.05) is 22.5 Å². The summed E-state index contributed by atoms with van der Waals surface area (Å²) in [5.74, 6) is 2.47. The molecule has 0 aliphatic heterocycles. The molecule has 0 aromatic heterocycles. The quantitative estimate of drug-likeness (QED) is 0.654. The van der Waals surface area contributed by atoms with E-state index < -0.39 is 0 Å². The lowest BCUT2D eigenvalue weighted by molar-refractivity contribution is -0.122. The molecule has 3 nitrogen and oxygen atoms in total. The van der Waals surface area contributed by atoms with Crippen molar-refractivity contribution in [2.24, 2.45) is 0 Å². The molecule has 0 bridgehead atoms. The van der Waals surface area contributed by atoms with Gasteiger partial charge in [-0.05, 0) is 43.2 Å². The Hall–Kier alpha value is -1.46. The maximum absolute atomic E-state index is 11.8. The molecule has 1 N–H and O–H groups in total. The number of ether oxygens (including phenoxy) is 1. The summed E-state index contributed by atoms with van der Waals surface area (Å²) < 4.78 is 6.53. The van der Waals surface area contributed by atoms with Crippen molar-refractivity contribution in [1.82, 2.24) is 5.32 Å². The predicted octanol–water partition coefficient (Wildman–Crippen LogP) is 4.49. The third-order valence-electron chi connectivity index (χ3n) is 3.46. The molecule has 0 radical (unpaired) electrons. The van der Waals surface area contributed by atoms with Gasteiger partial charge in [-0.2, -0.15) is 11.8 Å². The molecule has 0 spiro atoms. The predicted molar refractivity (Wildman–Crippen MR) is 105 cm³/mol. The fraction of sp³-hybridized carbons (Fsp3) is 0.316. The summed E-state index contributed by atoms with van der Waals surface area (Å²) in [7, 11) is 0. The van der Waals surface area contributed by atoms with E-state index in [1.165, 1.54) is 11.1 Å². The number of rotatable bonds is 8. The molecule has 0 aliphatic rings. The van der Waals surface area contributed by atoms with E-state index in [2.05, 4.69) is 52.4 Å². The molecular formula is C19H22BrNO2S. The van der Waals surface area contributed by atoms with Crippen LogP contribution in [-0.4, -0.2) is 24.8 Å². The van der Waals surface area contributed by atoms with Gasteiger partial charge in [-0.25, -0.2) is 0 Å². The number of carbonyl (C=O) groups excluding carboxylic acids is 1. The lowest BCUT2D eigenvalue weighted by atomic mass is 10.2. The summed E-state index contributed by atoms with van der Waals surface area (Å²) in [4.78, 5) is 11.8. The maximum Gasteiger partial charge on any atom is 0.257 e. The van der Waals surface area contributed by atoms with Gasteiger partial charge in [0.1, 0.15) is 5.75 Å². The van der Waals surface area contributed by atoms with Crippen LogP contribution in [0.25, 0.3) is 0 Å². The average Bonchev–Trinajstić information content (AvgIpc) is 2.57. The van der Waals surface area contributed by atoms with E-state index in [1.807, 2.05) is 36.9 Å². The fourth-order valence-corrected chi connectivity index (χ4v) is 3.11. The van der Waals surface area contributed by atoms with Crippen LogP contribution in [0.1, 0.15) is 16.7 Å². The second-order valence-electron chi connectivity index (χ2n) is 5.59. The molecule has 0 saturated heterocycles. The van der Waals surface area contributed by atoms with E-state index in [0.717, 1.165) is 21.5 Å². The Morgan fingerprint density at radius 1 is 1.17 bits per heavy atom. The van der Waals surface area contributed by atoms with Crippen molar-refractivity contribution in [3.05, 3.63) is 63.6 Å². The normalized spacial score (nSPS) is 10.5. The number of hydrogen-bond donors (Lipinski definition) is 1. The van der Waals surface area contributed by atoms with Crippen LogP contribution in [0.15, 0.2) is 46.9 Å². The van der Waals surface area contributed by atoms with Crippen molar-refractivity contribution in [2.45, 2.75) is 19.6 Å². The number of nitrogens with one attached hydrogen (secondary N) is 1. The van der Waals surface area contributed by atoms with Crippen LogP contribution >= 0.6 is 27.7 Å². The first-order valence-electron chi connectivity index (χ1n) is 7.83. The number of benzene rings is 2. The smallest absolute Gasteiger partial charge is 0.257 e. The number of aryl methyl sites for hydroxylation is 2. The van der Waals surface area contributed by atoms with Gasteiger partial charge in [0.25, 0.3) is 5.91 Å². The Morgan fingerprint density at radius 3 is 2.62 bits per heavy atom. The van der Waals surface area contributed by atoms with Crippen molar-refractivity contribution in [2.75, 3.05) is 18.9 Å². The zero-order valence-corrected chi connectivity index (χ0v) is 16.4. The number of amides is 1. The van der Waals surface area contributed by atoms with Crippen LogP contribution < -0.4 is 10.1 Å². The van der Waals surface area contributed by atoms with Crippen LogP contribution in [0.5, 0.6) is 5.75 Å². The molecule has 0 unspecified atom stereocenters. The highest BCUT2D eigenvalue weighted by atomic mass is 79.9. The van der Waals surface area contributed by atoms with Gasteiger partial charge < -0.3 is 10.1 Å². The van der Waals surface area contributed by atoms with Crippen LogP contribution in [0, 0.1) is 13.8 Å². The fourth-order valence-electron chi connectivity index (χ4n) is 2.04. The topological polar surface area (TPSA) is 38.3 Å². The Labute approximate surface area is 156 Å². The molecule has 128 valence electrons. The Balaban J connectivity index is 1.59. The highest BCUT2D eigenvalue weighted by molar-refractivity contribution is 9.10. The van der Waals surface area contributed by atoms with Gasteiger partial charge in [0.2, 0.25) is 0 Å². The van der Waals surface area contributed by atoms with Crippen molar-refractivity contribution in [3.8, 4) is 5.75 Å². The monoisotopic (exact) mass is 407 g/mol. The second kappa shape index (κ2) is 9.74. The summed E-state index contributed by atoms with van der Waals surface area (Å²) in [6.45, 7) is 4.77. The lowest BCUT2D eigenvalue weighted by Gasteiger charge is -2.09. The molecule has 0 saturated carbocycles. The van der Waals surface area contributed by atoms with Crippen molar-refractivity contribution in [3.63, 3.8) is 0 Å². The number of halogens is 1. The molecule has 5 heteroatoms. The van der Waals surface area contributed by atoms with Gasteiger partial charge in [0.05, 0.1) is 0 Å². The lowest BCUT2D eigenvalue weighted by Crippen LogP contribution is -2.30. The van der Waals surface area contributed by atoms with Crippen molar-refractivity contribution in [1.29, 1.82) is 0 Å². The summed E-state index contributed by atoms with van der Waals surface area (Å²) in [6.07, 6.45) is 0. The average molecular weight is 408 g/mol. The standard InChI is InChI=1S/C19H22BrNO2S/c1-14-3-5-16(6-4-14)13-24-10-9-21-19(22)12-23-17-7-8-18(20)15(2)11-17/h3-8,11H,9-10,12-13H2,1-2H3,(H,21,22). The van der Waals surface area contributed by atoms with Crippen molar-refractivity contribution >= 4 is 33.6 Å². The number of hydrogen-bond acceptors (Lipinski definition) is 3. The second-order valence-corrected chi connectivity index (χ2v) is 7.55. The first-order chi connectivity index (χ1) is 11.5. The molecule has 2 aromatic rings. The van der Waals surface area contributed by atoms with Crippen LogP contribution in [-0.2, 0) is 10.5 Å². The van der Waals surface area contributed by atoms with Crippen LogP contribution in [0.4, 0.5) is 0 Å². The highest BCUT2D eigenvalue weighted by Crippen LogP contribution is 2.21. The molecule has 0 atom stereocenters. The van der Waals surface area contributed by atoms with Gasteiger partial charge in [-0.1, -0.05) is 45.8 Å². The maximum atomic E-state index is 11.8. The van der Waals surface area contributed by atoms with E-state index in [0.29, 0.717) is 12.3 Å². The Bertz CT molecular complexity index is 674. The third-order valence-corrected chi connectivity index (χ3v) is 5.38. The molecule has 1 amide bonds. The molecule has 2 aromatic carbocycles. The summed E-state index contributed by atoms with van der Waals surface area (Å²) in [6, 6.07) is 14.2. The molecule has 0 heterocycles. The van der Waals surface area contributed by atoms with E-state index in [9.17, 15) is 4.79 Å². The number of carbonyl (C=O) groups is 1. The summed E-state index contributed by atoms with van der Waals surface area (Å²) >= 11 is 5.25. The summed E-state index contributed by atoms with van der Waals surface area (Å²) in [5.41, 5.74) is 3.67. The molecule has 0 fully saturated rings. The number of thioether (sulfide) groups is 1. The minimum atomic E-state index is -0.0912. The van der Waals surface area contributed by atoms with E-state index in [1.54, 1.807) is 0 Å². The van der Waals surface area contributed by atoms with Crippen LogP contribution in [0.2, 0.25) is 0 Å². The molecule has 24 heavy (non-hydrogen) atoms. The zero-order valence-electron chi connectivity index (χ0n) is 14.0. The zero-order chi connectivity index (χ0) is 17.4. The minimum absolute atomic E-state index is 0.0453. The minimum Gasteiger partial charge on any atom is -0.484 e. The Morgan fingerprint density at radius 2 is 1.92 bits per heavy atom. The van der Waals surface area contributed by atoms with Gasteiger partial charge in [0.15, 0.2) is 6.61 Å². The summed E-state index contributed by atoms with van der Waals surface area (Å²) in [5, 5.41) is 2.88. The third kappa shape index (κ3) is 6.57. The largest absolute Gasteiger partial charge is 0.484 e. The molecule has 0 aliphatic carbocycles. The van der Waals surface area contributed by atoms with Gasteiger partial charge in [-0.3, -0.25) is 4.79 Å². The van der Waals surface area contributed by atoms with Crippen molar-refractivity contribution < 1.29 is 9.53 Å². The molecule has 2 rings (SSSR count). The Kier molecular flexibility index (Phi) is 7.66. The van der Waals surface area contributed by atoms with Crippen LogP contribution in [0.3, 0.4) is 0 Å². The van der Waals surface area contributed by atoms with Gasteiger partial charge >= 0.3 is 0 Å². The highest BCUT2D eigenvalue weighted by Gasteiger charge is 2.04. The molecular weight excluding hydrogens is 386 g/mol. The van der Waals surface area contributed by atoms with Gasteiger partial charge in [-0.15, -0.1) is 0 Å². The SMILES string of the molecule is Cc1ccc(CSCCNC(=O)COc2ccc(Br)c(C)c2)cc1. The first-order valence-corrected chi connectivity index (χ1v) is 9.78. The van der Waals surface area contributed by atoms with E-state index >= 15 is 0 Å².